The van der Waals surface area contributed by atoms with Gasteiger partial charge in [0.25, 0.3) is 6.43 Å². The van der Waals surface area contributed by atoms with E-state index in [0.717, 1.165) is 6.54 Å². The summed E-state index contributed by atoms with van der Waals surface area (Å²) in [6.07, 6.45) is -2.36. The molecule has 1 N–H and O–H groups in total. The first-order valence-corrected chi connectivity index (χ1v) is 4.92. The van der Waals surface area contributed by atoms with Crippen LogP contribution in [0.1, 0.15) is 27.7 Å². The molecule has 0 aromatic carbocycles. The molecule has 0 aromatic heterocycles. The van der Waals surface area contributed by atoms with Crippen LogP contribution in [0.15, 0.2) is 0 Å². The fraction of sp³-hybridized carbons (Fsp3) is 1.00. The SMILES string of the molecule is CC(CNC(C)(C)C)COCC(F)F. The highest BCUT2D eigenvalue weighted by Gasteiger charge is 2.11. The lowest BCUT2D eigenvalue weighted by molar-refractivity contribution is 0.00552. The van der Waals surface area contributed by atoms with Crippen LogP contribution < -0.4 is 5.32 Å². The summed E-state index contributed by atoms with van der Waals surface area (Å²) in [5.41, 5.74) is 0.0664. The second kappa shape index (κ2) is 6.30. The van der Waals surface area contributed by atoms with E-state index in [1.54, 1.807) is 0 Å². The second-order valence-corrected chi connectivity index (χ2v) is 4.66. The van der Waals surface area contributed by atoms with E-state index in [4.69, 9.17) is 4.74 Å². The van der Waals surface area contributed by atoms with E-state index in [2.05, 4.69) is 26.1 Å². The van der Waals surface area contributed by atoms with Crippen LogP contribution in [0.3, 0.4) is 0 Å². The first-order valence-electron chi connectivity index (χ1n) is 4.92. The van der Waals surface area contributed by atoms with Crippen molar-refractivity contribution in [2.24, 2.45) is 5.92 Å². The number of ether oxygens (including phenoxy) is 1. The highest BCUT2D eigenvalue weighted by molar-refractivity contribution is 4.71. The largest absolute Gasteiger partial charge is 0.375 e. The van der Waals surface area contributed by atoms with Crippen LogP contribution >= 0.6 is 0 Å². The number of rotatable bonds is 6. The van der Waals surface area contributed by atoms with Crippen molar-refractivity contribution in [3.05, 3.63) is 0 Å². The van der Waals surface area contributed by atoms with Crippen molar-refractivity contribution in [1.82, 2.24) is 5.32 Å². The quantitative estimate of drug-likeness (QED) is 0.724. The van der Waals surface area contributed by atoms with E-state index >= 15 is 0 Å². The maximum Gasteiger partial charge on any atom is 0.261 e. The lowest BCUT2D eigenvalue weighted by Crippen LogP contribution is -2.39. The van der Waals surface area contributed by atoms with Gasteiger partial charge in [0, 0.05) is 12.1 Å². The third-order valence-electron chi connectivity index (χ3n) is 1.63. The van der Waals surface area contributed by atoms with Gasteiger partial charge >= 0.3 is 0 Å². The molecule has 0 bridgehead atoms. The normalized spacial score (nSPS) is 14.8. The lowest BCUT2D eigenvalue weighted by Gasteiger charge is -2.23. The predicted octanol–water partition coefficient (Wildman–Crippen LogP) is 2.29. The van der Waals surface area contributed by atoms with E-state index < -0.39 is 13.0 Å². The van der Waals surface area contributed by atoms with E-state index in [-0.39, 0.29) is 11.5 Å². The lowest BCUT2D eigenvalue weighted by atomic mass is 10.1. The van der Waals surface area contributed by atoms with Gasteiger partial charge in [0.2, 0.25) is 0 Å². The molecule has 0 fully saturated rings. The Bertz CT molecular complexity index is 146. The Morgan fingerprint density at radius 1 is 1.21 bits per heavy atom. The van der Waals surface area contributed by atoms with Crippen molar-refractivity contribution in [2.45, 2.75) is 39.7 Å². The van der Waals surface area contributed by atoms with Crippen LogP contribution in [0.2, 0.25) is 0 Å². The Kier molecular flexibility index (Phi) is 6.20. The van der Waals surface area contributed by atoms with Crippen LogP contribution in [-0.4, -0.2) is 31.7 Å². The van der Waals surface area contributed by atoms with Gasteiger partial charge in [-0.25, -0.2) is 8.78 Å². The minimum Gasteiger partial charge on any atom is -0.375 e. The summed E-state index contributed by atoms with van der Waals surface area (Å²) < 4.78 is 28.3. The average Bonchev–Trinajstić information content (AvgIpc) is 1.99. The number of hydrogen-bond donors (Lipinski definition) is 1. The Morgan fingerprint density at radius 3 is 2.21 bits per heavy atom. The molecule has 14 heavy (non-hydrogen) atoms. The van der Waals surface area contributed by atoms with E-state index in [9.17, 15) is 8.78 Å². The molecule has 0 radical (unpaired) electrons. The third kappa shape index (κ3) is 9.86. The molecule has 2 nitrogen and oxygen atoms in total. The summed E-state index contributed by atoms with van der Waals surface area (Å²) >= 11 is 0. The maximum atomic E-state index is 11.7. The highest BCUT2D eigenvalue weighted by atomic mass is 19.3. The van der Waals surface area contributed by atoms with Gasteiger partial charge in [0.1, 0.15) is 6.61 Å². The van der Waals surface area contributed by atoms with Gasteiger partial charge in [-0.05, 0) is 26.7 Å². The molecule has 1 unspecified atom stereocenters. The van der Waals surface area contributed by atoms with Gasteiger partial charge in [-0.15, -0.1) is 0 Å². The molecule has 0 heterocycles. The van der Waals surface area contributed by atoms with Gasteiger partial charge in [0.05, 0.1) is 6.61 Å². The summed E-state index contributed by atoms with van der Waals surface area (Å²) in [5.74, 6) is 0.257. The number of halogens is 2. The average molecular weight is 209 g/mol. The van der Waals surface area contributed by atoms with Crippen molar-refractivity contribution in [1.29, 1.82) is 0 Å². The molecule has 0 aliphatic carbocycles. The maximum absolute atomic E-state index is 11.7. The molecule has 0 amide bonds. The molecule has 0 rings (SSSR count). The standard InChI is InChI=1S/C10H21F2NO/c1-8(5-13-10(2,3)4)6-14-7-9(11)12/h8-9,13H,5-7H2,1-4H3. The number of hydrogen-bond acceptors (Lipinski definition) is 2. The van der Waals surface area contributed by atoms with Crippen LogP contribution in [0.5, 0.6) is 0 Å². The Hall–Kier alpha value is -0.220. The number of nitrogens with one attached hydrogen (secondary N) is 1. The van der Waals surface area contributed by atoms with Gasteiger partial charge < -0.3 is 10.1 Å². The summed E-state index contributed by atoms with van der Waals surface area (Å²) in [7, 11) is 0. The third-order valence-corrected chi connectivity index (χ3v) is 1.63. The molecular weight excluding hydrogens is 188 g/mol. The van der Waals surface area contributed by atoms with Crippen LogP contribution in [0, 0.1) is 5.92 Å². The molecule has 0 aliphatic heterocycles. The zero-order valence-electron chi connectivity index (χ0n) is 9.44. The molecule has 1 atom stereocenters. The Labute approximate surface area is 85.0 Å². The molecule has 0 aliphatic rings. The molecule has 86 valence electrons. The first-order chi connectivity index (χ1) is 6.31. The zero-order valence-corrected chi connectivity index (χ0v) is 9.44. The summed E-state index contributed by atoms with van der Waals surface area (Å²) in [6, 6.07) is 0. The van der Waals surface area contributed by atoms with E-state index in [0.29, 0.717) is 6.61 Å². The second-order valence-electron chi connectivity index (χ2n) is 4.66. The van der Waals surface area contributed by atoms with Crippen molar-refractivity contribution >= 4 is 0 Å². The van der Waals surface area contributed by atoms with Crippen molar-refractivity contribution in [3.63, 3.8) is 0 Å². The van der Waals surface area contributed by atoms with E-state index in [1.165, 1.54) is 0 Å². The van der Waals surface area contributed by atoms with Gasteiger partial charge in [-0.3, -0.25) is 0 Å². The van der Waals surface area contributed by atoms with Crippen molar-refractivity contribution < 1.29 is 13.5 Å². The smallest absolute Gasteiger partial charge is 0.261 e. The monoisotopic (exact) mass is 209 g/mol. The zero-order chi connectivity index (χ0) is 11.2. The van der Waals surface area contributed by atoms with Gasteiger partial charge in [0.15, 0.2) is 0 Å². The summed E-state index contributed by atoms with van der Waals surface area (Å²) in [4.78, 5) is 0. The molecule has 0 saturated heterocycles. The van der Waals surface area contributed by atoms with Gasteiger partial charge in [-0.1, -0.05) is 6.92 Å². The Balaban J connectivity index is 3.42. The minimum atomic E-state index is -2.36. The van der Waals surface area contributed by atoms with Gasteiger partial charge in [-0.2, -0.15) is 0 Å². The Morgan fingerprint density at radius 2 is 1.79 bits per heavy atom. The highest BCUT2D eigenvalue weighted by Crippen LogP contribution is 2.02. The first kappa shape index (κ1) is 13.8. The predicted molar refractivity (Wildman–Crippen MR) is 53.7 cm³/mol. The topological polar surface area (TPSA) is 21.3 Å². The molecular formula is C10H21F2NO. The molecule has 4 heteroatoms. The molecule has 0 aromatic rings. The minimum absolute atomic E-state index is 0.0664. The molecule has 0 saturated carbocycles. The fourth-order valence-corrected chi connectivity index (χ4v) is 0.898. The van der Waals surface area contributed by atoms with Crippen LogP contribution in [0.25, 0.3) is 0 Å². The van der Waals surface area contributed by atoms with Crippen molar-refractivity contribution in [3.8, 4) is 0 Å². The summed E-state index contributed by atoms with van der Waals surface area (Å²) in [6.45, 7) is 8.89. The van der Waals surface area contributed by atoms with Crippen LogP contribution in [-0.2, 0) is 4.74 Å². The summed E-state index contributed by atoms with van der Waals surface area (Å²) in [5, 5.41) is 3.29. The van der Waals surface area contributed by atoms with Crippen molar-refractivity contribution in [2.75, 3.05) is 19.8 Å². The number of alkyl halides is 2. The van der Waals surface area contributed by atoms with E-state index in [1.807, 2.05) is 6.92 Å². The fourth-order valence-electron chi connectivity index (χ4n) is 0.898. The van der Waals surface area contributed by atoms with Crippen LogP contribution in [0.4, 0.5) is 8.78 Å². The molecule has 0 spiro atoms.